The highest BCUT2D eigenvalue weighted by Gasteiger charge is 2.28. The van der Waals surface area contributed by atoms with Crippen molar-refractivity contribution in [1.82, 2.24) is 19.9 Å². The molecule has 0 saturated heterocycles. The summed E-state index contributed by atoms with van der Waals surface area (Å²) in [4.78, 5) is 14.0. The topological polar surface area (TPSA) is 63.2 Å². The minimum absolute atomic E-state index is 1.01. The van der Waals surface area contributed by atoms with Crippen molar-refractivity contribution in [1.29, 1.82) is 0 Å². The lowest BCUT2D eigenvalue weighted by atomic mass is 9.78. The van der Waals surface area contributed by atoms with Crippen LogP contribution in [0.1, 0.15) is 22.8 Å². The molecule has 0 spiro atoms. The Morgan fingerprint density at radius 3 is 1.41 bits per heavy atom. The minimum atomic E-state index is 1.01. The molecule has 4 aromatic heterocycles. The number of aryl methyl sites for hydroxylation is 4. The SMILES string of the molecule is c1c[nH]c(CCc2cc3ccc4c(c3[nH]2)-c2ccc3cc(CCc5ccc[nH]5)[nH]c3c2-4)c1. The van der Waals surface area contributed by atoms with E-state index in [0.717, 1.165) is 25.7 Å². The van der Waals surface area contributed by atoms with E-state index in [1.807, 2.05) is 12.4 Å². The molecule has 0 saturated carbocycles. The van der Waals surface area contributed by atoms with E-state index in [0.29, 0.717) is 0 Å². The van der Waals surface area contributed by atoms with Crippen molar-refractivity contribution in [3.8, 4) is 22.3 Å². The van der Waals surface area contributed by atoms with Crippen molar-refractivity contribution in [2.24, 2.45) is 0 Å². The third-order valence-electron chi connectivity index (χ3n) is 6.90. The molecule has 0 amide bonds. The van der Waals surface area contributed by atoms with E-state index < -0.39 is 0 Å². The van der Waals surface area contributed by atoms with Gasteiger partial charge in [-0.05, 0) is 73.2 Å². The molecule has 4 N–H and O–H groups in total. The van der Waals surface area contributed by atoms with Crippen LogP contribution in [0.15, 0.2) is 73.1 Å². The lowest BCUT2D eigenvalue weighted by molar-refractivity contribution is 0.901. The molecule has 0 aliphatic heterocycles. The number of benzene rings is 2. The third kappa shape index (κ3) is 2.69. The number of hydrogen-bond donors (Lipinski definition) is 4. The second kappa shape index (κ2) is 6.79. The largest absolute Gasteiger partial charge is 0.365 e. The van der Waals surface area contributed by atoms with Crippen molar-refractivity contribution in [3.63, 3.8) is 0 Å². The highest BCUT2D eigenvalue weighted by molar-refractivity contribution is 6.20. The quantitative estimate of drug-likeness (QED) is 0.238. The average molecular weight is 417 g/mol. The fourth-order valence-electron chi connectivity index (χ4n) is 5.28. The number of hydrogen-bond acceptors (Lipinski definition) is 0. The second-order valence-corrected chi connectivity index (χ2v) is 8.88. The molecule has 4 heterocycles. The van der Waals surface area contributed by atoms with Gasteiger partial charge in [0.15, 0.2) is 0 Å². The van der Waals surface area contributed by atoms with Gasteiger partial charge in [0.1, 0.15) is 0 Å². The first-order valence-corrected chi connectivity index (χ1v) is 11.4. The first-order chi connectivity index (χ1) is 15.8. The molecular weight excluding hydrogens is 392 g/mol. The van der Waals surface area contributed by atoms with Crippen molar-refractivity contribution in [3.05, 3.63) is 95.8 Å². The molecule has 0 atom stereocenters. The maximum absolute atomic E-state index is 3.72. The third-order valence-corrected chi connectivity index (χ3v) is 6.90. The van der Waals surface area contributed by atoms with Crippen LogP contribution in [0.2, 0.25) is 0 Å². The molecule has 4 nitrogen and oxygen atoms in total. The number of aromatic amines is 4. The van der Waals surface area contributed by atoms with Crippen LogP contribution >= 0.6 is 0 Å². The van der Waals surface area contributed by atoms with Gasteiger partial charge >= 0.3 is 0 Å². The van der Waals surface area contributed by atoms with E-state index in [1.54, 1.807) is 0 Å². The average Bonchev–Trinajstić information content (AvgIpc) is 3.58. The van der Waals surface area contributed by atoms with Crippen molar-refractivity contribution in [2.75, 3.05) is 0 Å². The molecule has 32 heavy (non-hydrogen) atoms. The first kappa shape index (κ1) is 17.7. The summed E-state index contributed by atoms with van der Waals surface area (Å²) in [5.74, 6) is 0. The van der Waals surface area contributed by atoms with Crippen LogP contribution in [0.25, 0.3) is 44.1 Å². The summed E-state index contributed by atoms with van der Waals surface area (Å²) in [5.41, 5.74) is 13.1. The van der Waals surface area contributed by atoms with Gasteiger partial charge in [0, 0.05) is 57.1 Å². The Bertz CT molecular complexity index is 1420. The molecule has 6 aromatic rings. The summed E-state index contributed by atoms with van der Waals surface area (Å²) in [6.07, 6.45) is 8.05. The van der Waals surface area contributed by atoms with Gasteiger partial charge in [0.25, 0.3) is 0 Å². The Labute approximate surface area is 185 Å². The molecular formula is C28H24N4. The van der Waals surface area contributed by atoms with Crippen LogP contribution in [-0.2, 0) is 25.7 Å². The summed E-state index contributed by atoms with van der Waals surface area (Å²) in [6, 6.07) is 22.2. The second-order valence-electron chi connectivity index (χ2n) is 8.88. The highest BCUT2D eigenvalue weighted by Crippen LogP contribution is 2.53. The number of nitrogens with one attached hydrogen (secondary N) is 4. The van der Waals surface area contributed by atoms with Crippen LogP contribution in [0, 0.1) is 0 Å². The fraction of sp³-hybridized carbons (Fsp3) is 0.143. The minimum Gasteiger partial charge on any atom is -0.365 e. The molecule has 4 heteroatoms. The number of fused-ring (bicyclic) bond motifs is 8. The van der Waals surface area contributed by atoms with Crippen LogP contribution in [0.5, 0.6) is 0 Å². The molecule has 156 valence electrons. The monoisotopic (exact) mass is 416 g/mol. The maximum Gasteiger partial charge on any atom is 0.0542 e. The van der Waals surface area contributed by atoms with Gasteiger partial charge in [-0.15, -0.1) is 0 Å². The summed E-state index contributed by atoms with van der Waals surface area (Å²) in [5, 5.41) is 2.60. The van der Waals surface area contributed by atoms with Crippen molar-refractivity contribution in [2.45, 2.75) is 25.7 Å². The normalized spacial score (nSPS) is 12.2. The van der Waals surface area contributed by atoms with E-state index in [4.69, 9.17) is 0 Å². The molecule has 0 radical (unpaired) electrons. The zero-order valence-electron chi connectivity index (χ0n) is 17.8. The van der Waals surface area contributed by atoms with Gasteiger partial charge in [-0.1, -0.05) is 24.3 Å². The van der Waals surface area contributed by atoms with E-state index in [1.165, 1.54) is 66.8 Å². The first-order valence-electron chi connectivity index (χ1n) is 11.4. The zero-order valence-corrected chi connectivity index (χ0v) is 17.8. The van der Waals surface area contributed by atoms with Gasteiger partial charge in [0.05, 0.1) is 11.0 Å². The molecule has 7 rings (SSSR count). The molecule has 1 aliphatic rings. The lowest BCUT2D eigenvalue weighted by Gasteiger charge is -2.25. The summed E-state index contributed by atoms with van der Waals surface area (Å²) < 4.78 is 0. The Morgan fingerprint density at radius 2 is 0.969 bits per heavy atom. The predicted molar refractivity (Wildman–Crippen MR) is 131 cm³/mol. The Morgan fingerprint density at radius 1 is 0.500 bits per heavy atom. The number of aromatic nitrogens is 4. The molecule has 0 unspecified atom stereocenters. The van der Waals surface area contributed by atoms with Gasteiger partial charge in [0.2, 0.25) is 0 Å². The van der Waals surface area contributed by atoms with Crippen molar-refractivity contribution >= 4 is 21.8 Å². The zero-order chi connectivity index (χ0) is 21.1. The van der Waals surface area contributed by atoms with E-state index in [9.17, 15) is 0 Å². The highest BCUT2D eigenvalue weighted by atomic mass is 14.7. The number of rotatable bonds is 6. The van der Waals surface area contributed by atoms with Crippen LogP contribution in [0.3, 0.4) is 0 Å². The molecule has 1 aliphatic carbocycles. The van der Waals surface area contributed by atoms with Gasteiger partial charge < -0.3 is 19.9 Å². The van der Waals surface area contributed by atoms with E-state index in [2.05, 4.69) is 80.6 Å². The van der Waals surface area contributed by atoms with Crippen LogP contribution in [0.4, 0.5) is 0 Å². The van der Waals surface area contributed by atoms with Gasteiger partial charge in [-0.3, -0.25) is 0 Å². The van der Waals surface area contributed by atoms with E-state index in [-0.39, 0.29) is 0 Å². The number of H-pyrrole nitrogens is 4. The smallest absolute Gasteiger partial charge is 0.0542 e. The van der Waals surface area contributed by atoms with Gasteiger partial charge in [-0.2, -0.15) is 0 Å². The van der Waals surface area contributed by atoms with Crippen LogP contribution in [-0.4, -0.2) is 19.9 Å². The summed E-state index contributed by atoms with van der Waals surface area (Å²) in [6.45, 7) is 0. The Balaban J connectivity index is 1.22. The molecule has 2 aromatic carbocycles. The fourth-order valence-corrected chi connectivity index (χ4v) is 5.28. The predicted octanol–water partition coefficient (Wildman–Crippen LogP) is 6.52. The standard InChI is InChI=1S/C28H24N4/c1-3-19(29-13-1)7-9-21-15-17-5-11-23-25(27(17)31-21)24-12-6-18-16-22(32-28(18)26(23)24)10-8-20-4-2-14-30-20/h1-6,11-16,29-32H,7-10H2. The maximum atomic E-state index is 3.72. The summed E-state index contributed by atoms with van der Waals surface area (Å²) in [7, 11) is 0. The Kier molecular flexibility index (Phi) is 3.76. The van der Waals surface area contributed by atoms with Crippen LogP contribution < -0.4 is 0 Å². The Hall–Kier alpha value is -3.92. The molecule has 0 bridgehead atoms. The lowest BCUT2D eigenvalue weighted by Crippen LogP contribution is -2.01. The van der Waals surface area contributed by atoms with E-state index >= 15 is 0 Å². The van der Waals surface area contributed by atoms with Gasteiger partial charge in [-0.25, -0.2) is 0 Å². The summed E-state index contributed by atoms with van der Waals surface area (Å²) >= 11 is 0. The molecule has 0 fully saturated rings. The van der Waals surface area contributed by atoms with Crippen molar-refractivity contribution < 1.29 is 0 Å².